The molecule has 0 radical (unpaired) electrons. The molecule has 2 aromatic carbocycles. The molecule has 0 aliphatic heterocycles. The monoisotopic (exact) mass is 451 g/mol. The van der Waals surface area contributed by atoms with Crippen LogP contribution in [0.3, 0.4) is 0 Å². The number of methoxy groups -OCH3 is 1. The van der Waals surface area contributed by atoms with Gasteiger partial charge < -0.3 is 20.1 Å². The van der Waals surface area contributed by atoms with Gasteiger partial charge in [0.15, 0.2) is 5.78 Å². The fourth-order valence-electron chi connectivity index (χ4n) is 3.47. The van der Waals surface area contributed by atoms with Crippen molar-refractivity contribution >= 4 is 30.1 Å². The van der Waals surface area contributed by atoms with E-state index in [1.807, 2.05) is 47.2 Å². The number of carbonyl (C=O) groups is 2. The number of nitrogens with one attached hydrogen (secondary N) is 1. The van der Waals surface area contributed by atoms with Crippen LogP contribution in [0.15, 0.2) is 71.4 Å². The van der Waals surface area contributed by atoms with Gasteiger partial charge in [0, 0.05) is 17.9 Å². The van der Waals surface area contributed by atoms with Crippen molar-refractivity contribution in [1.82, 2.24) is 5.32 Å². The molecule has 0 bridgehead atoms. The Bertz CT molecular complexity index is 993. The fraction of sp³-hybridized carbons (Fsp3) is 0.250. The molecule has 0 saturated carbocycles. The van der Waals surface area contributed by atoms with Crippen molar-refractivity contribution < 1.29 is 24.4 Å². The number of amides is 1. The Morgan fingerprint density at radius 3 is 2.31 bits per heavy atom. The van der Waals surface area contributed by atoms with Gasteiger partial charge in [-0.1, -0.05) is 30.3 Å². The Balaban J connectivity index is 1.75. The first-order chi connectivity index (χ1) is 15.5. The number of thiophene rings is 1. The molecule has 32 heavy (non-hydrogen) atoms. The summed E-state index contributed by atoms with van der Waals surface area (Å²) in [5.41, 5.74) is 2.32. The average Bonchev–Trinajstić information content (AvgIpc) is 3.32. The maximum absolute atomic E-state index is 13.2. The Kier molecular flexibility index (Phi) is 8.61. The molecule has 1 heterocycles. The number of ketones is 1. The Morgan fingerprint density at radius 1 is 1.00 bits per heavy atom. The van der Waals surface area contributed by atoms with E-state index in [2.05, 4.69) is 5.32 Å². The number of rotatable bonds is 11. The lowest BCUT2D eigenvalue weighted by atomic mass is 9.75. The van der Waals surface area contributed by atoms with E-state index in [1.54, 1.807) is 31.4 Å². The predicted octanol–water partition coefficient (Wildman–Crippen LogP) is 2.93. The maximum atomic E-state index is 13.2. The number of carbonyl (C=O) groups excluding carboxylic acids is 2. The maximum Gasteiger partial charge on any atom is 0.475 e. The van der Waals surface area contributed by atoms with Crippen LogP contribution in [0.5, 0.6) is 5.75 Å². The SMILES string of the molecule is COc1ccc(C(=O)CC(Cc2ccccc2)C(=O)N[C@@H](Cc2ccsc2)B(O)O)cc1. The van der Waals surface area contributed by atoms with Crippen LogP contribution in [0, 0.1) is 5.92 Å². The quantitative estimate of drug-likeness (QED) is 0.308. The summed E-state index contributed by atoms with van der Waals surface area (Å²) in [5, 5.41) is 26.1. The summed E-state index contributed by atoms with van der Waals surface area (Å²) in [6, 6.07) is 18.1. The summed E-state index contributed by atoms with van der Waals surface area (Å²) in [6.45, 7) is 0. The zero-order valence-electron chi connectivity index (χ0n) is 17.8. The zero-order chi connectivity index (χ0) is 22.9. The second-order valence-corrected chi connectivity index (χ2v) is 8.39. The Labute approximate surface area is 192 Å². The molecule has 0 fully saturated rings. The van der Waals surface area contributed by atoms with Crippen molar-refractivity contribution in [2.75, 3.05) is 7.11 Å². The summed E-state index contributed by atoms with van der Waals surface area (Å²) in [4.78, 5) is 26.1. The number of hydrogen-bond donors (Lipinski definition) is 3. The second kappa shape index (κ2) is 11.6. The summed E-state index contributed by atoms with van der Waals surface area (Å²) in [6.07, 6.45) is 0.651. The van der Waals surface area contributed by atoms with E-state index < -0.39 is 19.0 Å². The van der Waals surface area contributed by atoms with Gasteiger partial charge in [-0.2, -0.15) is 11.3 Å². The fourth-order valence-corrected chi connectivity index (χ4v) is 4.15. The molecule has 6 nitrogen and oxygen atoms in total. The lowest BCUT2D eigenvalue weighted by Gasteiger charge is -2.22. The van der Waals surface area contributed by atoms with E-state index in [0.717, 1.165) is 11.1 Å². The van der Waals surface area contributed by atoms with Crippen molar-refractivity contribution in [3.05, 3.63) is 88.1 Å². The molecule has 3 rings (SSSR count). The van der Waals surface area contributed by atoms with Crippen molar-refractivity contribution in [2.24, 2.45) is 5.92 Å². The minimum atomic E-state index is -1.71. The van der Waals surface area contributed by atoms with Crippen LogP contribution < -0.4 is 10.1 Å². The summed E-state index contributed by atoms with van der Waals surface area (Å²) >= 11 is 1.50. The molecule has 0 spiro atoms. The van der Waals surface area contributed by atoms with Crippen LogP contribution in [-0.2, 0) is 17.6 Å². The molecule has 0 saturated heterocycles. The smallest absolute Gasteiger partial charge is 0.475 e. The van der Waals surface area contributed by atoms with Crippen molar-refractivity contribution in [2.45, 2.75) is 25.2 Å². The molecule has 3 N–H and O–H groups in total. The van der Waals surface area contributed by atoms with E-state index in [-0.39, 0.29) is 24.5 Å². The lowest BCUT2D eigenvalue weighted by molar-refractivity contribution is -0.125. The predicted molar refractivity (Wildman–Crippen MR) is 126 cm³/mol. The van der Waals surface area contributed by atoms with Crippen molar-refractivity contribution in [1.29, 1.82) is 0 Å². The molecule has 8 heteroatoms. The van der Waals surface area contributed by atoms with Gasteiger partial charge in [0.2, 0.25) is 5.91 Å². The zero-order valence-corrected chi connectivity index (χ0v) is 18.6. The van der Waals surface area contributed by atoms with Crippen molar-refractivity contribution in [3.8, 4) is 5.75 Å². The molecule has 0 aliphatic rings. The summed E-state index contributed by atoms with van der Waals surface area (Å²) in [7, 11) is -0.160. The topological polar surface area (TPSA) is 95.9 Å². The standard InChI is InChI=1S/C24H26BNO5S/c1-31-21-9-7-19(8-10-21)22(27)15-20(13-17-5-3-2-4-6-17)24(28)26-23(25(29)30)14-18-11-12-32-16-18/h2-12,16,20,23,29-30H,13-15H2,1H3,(H,26,28)/t20?,23-/m0/s1. The van der Waals surface area contributed by atoms with Gasteiger partial charge in [0.1, 0.15) is 5.75 Å². The van der Waals surface area contributed by atoms with Crippen LogP contribution in [0.1, 0.15) is 27.9 Å². The first-order valence-electron chi connectivity index (χ1n) is 10.3. The highest BCUT2D eigenvalue weighted by molar-refractivity contribution is 7.07. The van der Waals surface area contributed by atoms with Crippen LogP contribution in [0.2, 0.25) is 0 Å². The summed E-state index contributed by atoms with van der Waals surface area (Å²) in [5.74, 6) is -1.43. The highest BCUT2D eigenvalue weighted by Gasteiger charge is 2.30. The van der Waals surface area contributed by atoms with Crippen LogP contribution >= 0.6 is 11.3 Å². The molecule has 1 unspecified atom stereocenters. The van der Waals surface area contributed by atoms with Gasteiger partial charge in [-0.15, -0.1) is 0 Å². The van der Waals surface area contributed by atoms with E-state index in [1.165, 1.54) is 11.3 Å². The van der Waals surface area contributed by atoms with Crippen LogP contribution in [-0.4, -0.2) is 41.9 Å². The van der Waals surface area contributed by atoms with Gasteiger partial charge in [-0.3, -0.25) is 9.59 Å². The highest BCUT2D eigenvalue weighted by atomic mass is 32.1. The molecule has 3 aromatic rings. The van der Waals surface area contributed by atoms with E-state index in [9.17, 15) is 19.6 Å². The average molecular weight is 451 g/mol. The van der Waals surface area contributed by atoms with Gasteiger partial charge in [0.05, 0.1) is 13.1 Å². The first kappa shape index (κ1) is 23.7. The third-order valence-corrected chi connectivity index (χ3v) is 5.99. The Hall–Kier alpha value is -2.94. The minimum absolute atomic E-state index is 0.000247. The van der Waals surface area contributed by atoms with Gasteiger partial charge in [0.25, 0.3) is 0 Å². The molecular weight excluding hydrogens is 425 g/mol. The van der Waals surface area contributed by atoms with Gasteiger partial charge in [-0.05, 0) is 65.1 Å². The summed E-state index contributed by atoms with van der Waals surface area (Å²) < 4.78 is 5.13. The molecule has 166 valence electrons. The molecule has 2 atom stereocenters. The first-order valence-corrected chi connectivity index (χ1v) is 11.3. The van der Waals surface area contributed by atoms with Crippen LogP contribution in [0.25, 0.3) is 0 Å². The number of benzene rings is 2. The van der Waals surface area contributed by atoms with E-state index >= 15 is 0 Å². The highest BCUT2D eigenvalue weighted by Crippen LogP contribution is 2.19. The molecule has 1 amide bonds. The molecule has 0 aliphatic carbocycles. The van der Waals surface area contributed by atoms with Crippen molar-refractivity contribution in [3.63, 3.8) is 0 Å². The van der Waals surface area contributed by atoms with Crippen LogP contribution in [0.4, 0.5) is 0 Å². The molecule has 1 aromatic heterocycles. The van der Waals surface area contributed by atoms with Gasteiger partial charge >= 0.3 is 7.12 Å². The third kappa shape index (κ3) is 6.78. The normalized spacial score (nSPS) is 12.6. The van der Waals surface area contributed by atoms with E-state index in [0.29, 0.717) is 17.7 Å². The molecular formula is C24H26BNO5S. The van der Waals surface area contributed by atoms with Gasteiger partial charge in [-0.25, -0.2) is 0 Å². The Morgan fingerprint density at radius 2 is 1.72 bits per heavy atom. The second-order valence-electron chi connectivity index (χ2n) is 7.61. The minimum Gasteiger partial charge on any atom is -0.497 e. The number of Topliss-reactive ketones (excluding diaryl/α,β-unsaturated/α-hetero) is 1. The van der Waals surface area contributed by atoms with E-state index in [4.69, 9.17) is 4.74 Å². The lowest BCUT2D eigenvalue weighted by Crippen LogP contribution is -2.50. The number of ether oxygens (including phenoxy) is 1. The third-order valence-electron chi connectivity index (χ3n) is 5.26. The number of hydrogen-bond acceptors (Lipinski definition) is 6. The largest absolute Gasteiger partial charge is 0.497 e.